The normalized spacial score (nSPS) is 19.6. The molecule has 2 aliphatic rings. The maximum atomic E-state index is 13.5. The predicted octanol–water partition coefficient (Wildman–Crippen LogP) is -6.65. The fourth-order valence-corrected chi connectivity index (χ4v) is 8.02. The van der Waals surface area contributed by atoms with Crippen LogP contribution in [0.4, 0.5) is 0 Å². The number of rotatable bonds is 30. The number of hydrogen-bond donors (Lipinski definition) is 15. The van der Waals surface area contributed by atoms with Crippen molar-refractivity contribution in [2.24, 2.45) is 44.4 Å². The molecule has 0 saturated carbocycles. The topological polar surface area (TPSA) is 488 Å². The first kappa shape index (κ1) is 55.8. The van der Waals surface area contributed by atoms with Crippen LogP contribution in [0.5, 0.6) is 0 Å². The average molecular weight is 959 g/mol. The van der Waals surface area contributed by atoms with Crippen molar-refractivity contribution < 1.29 is 68.3 Å². The van der Waals surface area contributed by atoms with E-state index in [1.807, 2.05) is 0 Å². The van der Waals surface area contributed by atoms with E-state index in [4.69, 9.17) is 44.2 Å². The number of nitrogens with one attached hydrogen (secondary N) is 5. The number of thioether (sulfide) groups is 1. The molecule has 370 valence electrons. The molecule has 0 bridgehead atoms. The fraction of sp³-hybridized carbons (Fsp3) is 0.649. The highest BCUT2D eigenvalue weighted by Gasteiger charge is 2.66. The van der Waals surface area contributed by atoms with Crippen LogP contribution in [-0.4, -0.2) is 170 Å². The van der Waals surface area contributed by atoms with Crippen LogP contribution in [0.1, 0.15) is 71.6 Å². The second kappa shape index (κ2) is 26.6. The van der Waals surface area contributed by atoms with Crippen molar-refractivity contribution >= 4 is 77.5 Å². The van der Waals surface area contributed by atoms with Crippen LogP contribution in [0.2, 0.25) is 0 Å². The largest absolute Gasteiger partial charge is 0.480 e. The first-order valence-corrected chi connectivity index (χ1v) is 21.7. The molecule has 1 saturated heterocycles. The Kier molecular flexibility index (Phi) is 22.5. The van der Waals surface area contributed by atoms with Gasteiger partial charge in [0.1, 0.15) is 29.8 Å². The number of amides is 6. The molecule has 0 radical (unpaired) electrons. The Labute approximate surface area is 382 Å². The lowest BCUT2D eigenvalue weighted by atomic mass is 9.94. The Balaban J connectivity index is 2.12. The van der Waals surface area contributed by atoms with E-state index in [1.165, 1.54) is 13.8 Å². The highest BCUT2D eigenvalue weighted by atomic mass is 32.2. The zero-order valence-electron chi connectivity index (χ0n) is 36.5. The molecule has 66 heavy (non-hydrogen) atoms. The lowest BCUT2D eigenvalue weighted by molar-refractivity contribution is -0.162. The first-order chi connectivity index (χ1) is 30.9. The summed E-state index contributed by atoms with van der Waals surface area (Å²) in [5.41, 5.74) is 29.9. The van der Waals surface area contributed by atoms with Crippen molar-refractivity contribution in [3.05, 3.63) is 11.3 Å². The van der Waals surface area contributed by atoms with Gasteiger partial charge in [0.2, 0.25) is 35.7 Å². The van der Waals surface area contributed by atoms with E-state index in [9.17, 15) is 58.5 Å². The van der Waals surface area contributed by atoms with Crippen molar-refractivity contribution in [3.63, 3.8) is 0 Å². The zero-order chi connectivity index (χ0) is 49.9. The molecule has 0 aromatic heterocycles. The number of esters is 1. The second-order valence-electron chi connectivity index (χ2n) is 15.5. The van der Waals surface area contributed by atoms with E-state index < -0.39 is 126 Å². The number of nitrogens with two attached hydrogens (primary N) is 6. The van der Waals surface area contributed by atoms with E-state index in [1.54, 1.807) is 0 Å². The van der Waals surface area contributed by atoms with Gasteiger partial charge >= 0.3 is 17.9 Å². The van der Waals surface area contributed by atoms with Crippen LogP contribution in [-0.2, 0) is 47.9 Å². The van der Waals surface area contributed by atoms with Gasteiger partial charge in [-0.25, -0.2) is 4.79 Å². The maximum absolute atomic E-state index is 13.5. The van der Waals surface area contributed by atoms with Gasteiger partial charge in [-0.3, -0.25) is 53.2 Å². The van der Waals surface area contributed by atoms with Gasteiger partial charge in [-0.15, -0.1) is 11.8 Å². The molecule has 21 N–H and O–H groups in total. The number of aliphatic carboxylic acids is 2. The van der Waals surface area contributed by atoms with Crippen molar-refractivity contribution in [2.45, 2.75) is 125 Å². The number of fused-ring (bicyclic) bond motifs is 1. The van der Waals surface area contributed by atoms with Crippen LogP contribution in [0.3, 0.4) is 0 Å². The molecule has 2 aliphatic heterocycles. The first-order valence-electron chi connectivity index (χ1n) is 20.6. The van der Waals surface area contributed by atoms with Gasteiger partial charge in [0.05, 0.1) is 43.2 Å². The van der Waals surface area contributed by atoms with E-state index in [2.05, 4.69) is 36.6 Å². The minimum atomic E-state index is -2.05. The summed E-state index contributed by atoms with van der Waals surface area (Å²) in [4.78, 5) is 121. The quantitative estimate of drug-likeness (QED) is 0.00605. The Morgan fingerprint density at radius 1 is 0.848 bits per heavy atom. The Morgan fingerprint density at radius 3 is 1.92 bits per heavy atom. The number of aliphatic hydroxyl groups is 2. The van der Waals surface area contributed by atoms with Crippen LogP contribution in [0.25, 0.3) is 0 Å². The van der Waals surface area contributed by atoms with Crippen LogP contribution in [0.15, 0.2) is 21.3 Å². The van der Waals surface area contributed by atoms with Crippen LogP contribution < -0.4 is 61.0 Å². The number of hydrogen-bond acceptors (Lipinski definition) is 17. The standard InChI is InChI=1S/C37H62N14O14S/c1-17(38)29(58)48-21(7-4-10-44-35(40)41)23(53)12-26(56)47-18(2)30(59)49-22(8-5-11-45-36(42)43)24(54)13-27(57)65-14-19-15-66-34-37(46-16-52,33(64)51(34)28(19)32(62)63)50-25(55)9-3-6-20(39)31(60)61/h16-18,20-24,34,53-54H,3-15,38-39H2,1-2H3,(H,46,52)(H,47,56)(H,48,58)(H,49,59)(H,50,55)(H,60,61)(H,62,63)(H4,40,41,44)(H4,42,43,45)/t17-,18-,20-,21+,22-,23-,24+,34-,37-/m0/s1. The Morgan fingerprint density at radius 2 is 1.41 bits per heavy atom. The highest BCUT2D eigenvalue weighted by molar-refractivity contribution is 8.00. The number of aliphatic imine (C=N–C) groups is 2. The molecule has 6 amide bonds. The summed E-state index contributed by atoms with van der Waals surface area (Å²) in [6.45, 7) is 2.33. The van der Waals surface area contributed by atoms with E-state index in [-0.39, 0.29) is 81.3 Å². The zero-order valence-corrected chi connectivity index (χ0v) is 37.3. The molecule has 2 heterocycles. The minimum absolute atomic E-state index is 0.00351. The molecule has 9 atom stereocenters. The molecular formula is C37H62N14O14S. The molecule has 0 spiro atoms. The van der Waals surface area contributed by atoms with Crippen molar-refractivity contribution in [1.29, 1.82) is 0 Å². The molecule has 0 aromatic rings. The monoisotopic (exact) mass is 958 g/mol. The number of aliphatic hydroxyl groups excluding tert-OH is 2. The van der Waals surface area contributed by atoms with Crippen molar-refractivity contribution in [1.82, 2.24) is 31.5 Å². The number of β-lactam (4-membered cyclic amide) rings is 1. The number of guanidine groups is 2. The molecule has 2 rings (SSSR count). The molecular weight excluding hydrogens is 897 g/mol. The molecule has 0 aromatic carbocycles. The van der Waals surface area contributed by atoms with Gasteiger partial charge in [0.25, 0.3) is 5.91 Å². The summed E-state index contributed by atoms with van der Waals surface area (Å²) in [5, 5.41) is 52.2. The molecule has 0 aliphatic carbocycles. The van der Waals surface area contributed by atoms with E-state index in [0.29, 0.717) is 6.42 Å². The summed E-state index contributed by atoms with van der Waals surface area (Å²) in [6, 6.07) is -5.50. The summed E-state index contributed by atoms with van der Waals surface area (Å²) < 4.78 is 5.30. The summed E-state index contributed by atoms with van der Waals surface area (Å²) in [5.74, 6) is -8.40. The lowest BCUT2D eigenvalue weighted by Gasteiger charge is -2.56. The van der Waals surface area contributed by atoms with Crippen LogP contribution in [0, 0.1) is 0 Å². The van der Waals surface area contributed by atoms with Crippen molar-refractivity contribution in [3.8, 4) is 0 Å². The number of carbonyl (C=O) groups is 9. The average Bonchev–Trinajstić information content (AvgIpc) is 3.23. The number of carboxylic acid groups (broad SMARTS) is 2. The number of nitrogens with zero attached hydrogens (tertiary/aromatic N) is 3. The second-order valence-corrected chi connectivity index (χ2v) is 16.5. The fourth-order valence-electron chi connectivity index (χ4n) is 6.62. The highest BCUT2D eigenvalue weighted by Crippen LogP contribution is 2.45. The van der Waals surface area contributed by atoms with Crippen LogP contribution >= 0.6 is 11.8 Å². The van der Waals surface area contributed by atoms with Gasteiger partial charge in [-0.2, -0.15) is 0 Å². The lowest BCUT2D eigenvalue weighted by Crippen LogP contribution is -2.85. The molecule has 29 heteroatoms. The summed E-state index contributed by atoms with van der Waals surface area (Å²) in [6.07, 6.45) is -3.80. The predicted molar refractivity (Wildman–Crippen MR) is 234 cm³/mol. The number of carboxylic acids is 2. The van der Waals surface area contributed by atoms with E-state index >= 15 is 0 Å². The third kappa shape index (κ3) is 16.9. The molecule has 0 unspecified atom stereocenters. The SMILES string of the molecule is C[C@H](N)C(=O)N[C@H](CCCN=C(N)N)[C@@H](O)CC(=O)N[C@@H](C)C(=O)N[C@@H](CCCN=C(N)N)[C@H](O)CC(=O)OCC1=C(C(=O)O)N2C(=O)[C@](NC=O)(NC(=O)CCC[C@H](N)C(=O)O)[C@@H]2SC1. The Bertz CT molecular complexity index is 1880. The van der Waals surface area contributed by atoms with Gasteiger partial charge in [0.15, 0.2) is 11.9 Å². The third-order valence-corrected chi connectivity index (χ3v) is 11.5. The summed E-state index contributed by atoms with van der Waals surface area (Å²) >= 11 is 0.934. The smallest absolute Gasteiger partial charge is 0.352 e. The summed E-state index contributed by atoms with van der Waals surface area (Å²) in [7, 11) is 0. The van der Waals surface area contributed by atoms with Gasteiger partial charge in [-0.1, -0.05) is 0 Å². The van der Waals surface area contributed by atoms with Gasteiger partial charge in [0, 0.05) is 30.8 Å². The van der Waals surface area contributed by atoms with Crippen molar-refractivity contribution in [2.75, 3.05) is 25.4 Å². The molecule has 28 nitrogen and oxygen atoms in total. The molecule has 1 fully saturated rings. The number of ether oxygens (including phenoxy) is 1. The van der Waals surface area contributed by atoms with Gasteiger partial charge < -0.3 is 86.1 Å². The maximum Gasteiger partial charge on any atom is 0.352 e. The van der Waals surface area contributed by atoms with E-state index in [0.717, 1.165) is 16.7 Å². The minimum Gasteiger partial charge on any atom is -0.480 e. The Hall–Kier alpha value is -6.30. The van der Waals surface area contributed by atoms with Gasteiger partial charge in [-0.05, 0) is 52.4 Å². The third-order valence-electron chi connectivity index (χ3n) is 10.1. The number of carbonyl (C=O) groups excluding carboxylic acids is 7.